The van der Waals surface area contributed by atoms with Crippen molar-refractivity contribution in [2.24, 2.45) is 5.73 Å². The summed E-state index contributed by atoms with van der Waals surface area (Å²) in [4.78, 5) is 26.8. The normalized spacial score (nSPS) is 17.2. The second-order valence-corrected chi connectivity index (χ2v) is 5.63. The lowest BCUT2D eigenvalue weighted by Gasteiger charge is -2.35. The number of carboxylic acid groups (broad SMARTS) is 1. The van der Waals surface area contributed by atoms with Crippen LogP contribution in [0.1, 0.15) is 18.4 Å². The summed E-state index contributed by atoms with van der Waals surface area (Å²) < 4.78 is 0. The van der Waals surface area contributed by atoms with Crippen molar-refractivity contribution in [2.45, 2.75) is 25.4 Å². The Bertz CT molecular complexity index is 499. The molecule has 1 aliphatic heterocycles. The molecule has 0 aliphatic carbocycles. The van der Waals surface area contributed by atoms with Crippen LogP contribution >= 0.6 is 0 Å². The summed E-state index contributed by atoms with van der Waals surface area (Å²) in [5.74, 6) is -1.06. The SMILES string of the molecule is N[C@@H](CCC(=O)N1CCN(Cc2ccccc2)CC1)C(=O)O. The largest absolute Gasteiger partial charge is 0.480 e. The molecule has 1 amide bonds. The van der Waals surface area contributed by atoms with Gasteiger partial charge in [0, 0.05) is 39.1 Å². The zero-order valence-corrected chi connectivity index (χ0v) is 12.6. The molecule has 6 heteroatoms. The van der Waals surface area contributed by atoms with Crippen molar-refractivity contribution >= 4 is 11.9 Å². The number of benzene rings is 1. The number of hydrogen-bond donors (Lipinski definition) is 2. The van der Waals surface area contributed by atoms with E-state index in [1.54, 1.807) is 4.90 Å². The molecule has 1 aromatic carbocycles. The van der Waals surface area contributed by atoms with Gasteiger partial charge in [-0.15, -0.1) is 0 Å². The standard InChI is InChI=1S/C16H23N3O3/c17-14(16(21)22)6-7-15(20)19-10-8-18(9-11-19)12-13-4-2-1-3-5-13/h1-5,14H,6-12,17H2,(H,21,22)/t14-/m0/s1. The van der Waals surface area contributed by atoms with Crippen LogP contribution in [-0.4, -0.2) is 59.0 Å². The highest BCUT2D eigenvalue weighted by Crippen LogP contribution is 2.10. The van der Waals surface area contributed by atoms with Crippen LogP contribution in [0, 0.1) is 0 Å². The lowest BCUT2D eigenvalue weighted by Crippen LogP contribution is -2.48. The number of nitrogens with zero attached hydrogens (tertiary/aromatic N) is 2. The summed E-state index contributed by atoms with van der Waals surface area (Å²) in [6.07, 6.45) is 0.393. The molecule has 3 N–H and O–H groups in total. The van der Waals surface area contributed by atoms with Gasteiger partial charge in [-0.3, -0.25) is 14.5 Å². The average Bonchev–Trinajstić information content (AvgIpc) is 2.54. The van der Waals surface area contributed by atoms with Crippen molar-refractivity contribution in [3.05, 3.63) is 35.9 Å². The maximum Gasteiger partial charge on any atom is 0.320 e. The Morgan fingerprint density at radius 1 is 1.14 bits per heavy atom. The molecular weight excluding hydrogens is 282 g/mol. The van der Waals surface area contributed by atoms with Crippen LogP contribution in [0.25, 0.3) is 0 Å². The zero-order chi connectivity index (χ0) is 15.9. The third kappa shape index (κ3) is 4.82. The first kappa shape index (κ1) is 16.5. The molecule has 22 heavy (non-hydrogen) atoms. The summed E-state index contributed by atoms with van der Waals surface area (Å²) >= 11 is 0. The molecule has 0 unspecified atom stereocenters. The number of carbonyl (C=O) groups is 2. The van der Waals surface area contributed by atoms with Crippen molar-refractivity contribution < 1.29 is 14.7 Å². The number of piperazine rings is 1. The molecule has 0 aromatic heterocycles. The van der Waals surface area contributed by atoms with Gasteiger partial charge in [-0.05, 0) is 12.0 Å². The Morgan fingerprint density at radius 2 is 1.77 bits per heavy atom. The molecule has 0 radical (unpaired) electrons. The predicted molar refractivity (Wildman–Crippen MR) is 83.1 cm³/mol. The summed E-state index contributed by atoms with van der Waals surface area (Å²) in [5.41, 5.74) is 6.70. The minimum absolute atomic E-state index is 0.00365. The minimum atomic E-state index is -1.06. The van der Waals surface area contributed by atoms with E-state index in [4.69, 9.17) is 10.8 Å². The minimum Gasteiger partial charge on any atom is -0.480 e. The number of aliphatic carboxylic acids is 1. The quantitative estimate of drug-likeness (QED) is 0.800. The molecule has 0 bridgehead atoms. The summed E-state index contributed by atoms with van der Waals surface area (Å²) in [5, 5.41) is 8.72. The Balaban J connectivity index is 1.72. The number of nitrogens with two attached hydrogens (primary N) is 1. The maximum atomic E-state index is 12.0. The van der Waals surface area contributed by atoms with E-state index in [9.17, 15) is 9.59 Å². The van der Waals surface area contributed by atoms with Crippen molar-refractivity contribution in [1.82, 2.24) is 9.80 Å². The van der Waals surface area contributed by atoms with E-state index in [-0.39, 0.29) is 18.7 Å². The monoisotopic (exact) mass is 305 g/mol. The molecule has 1 heterocycles. The van der Waals surface area contributed by atoms with E-state index >= 15 is 0 Å². The third-order valence-corrected chi connectivity index (χ3v) is 3.96. The van der Waals surface area contributed by atoms with Crippen LogP contribution in [0.4, 0.5) is 0 Å². The second kappa shape index (κ2) is 7.91. The molecule has 0 spiro atoms. The highest BCUT2D eigenvalue weighted by Gasteiger charge is 2.22. The summed E-state index contributed by atoms with van der Waals surface area (Å²) in [6.45, 7) is 3.95. The van der Waals surface area contributed by atoms with E-state index in [2.05, 4.69) is 17.0 Å². The summed E-state index contributed by atoms with van der Waals surface area (Å²) in [7, 11) is 0. The van der Waals surface area contributed by atoms with E-state index in [1.165, 1.54) is 5.56 Å². The van der Waals surface area contributed by atoms with Crippen molar-refractivity contribution in [3.63, 3.8) is 0 Å². The lowest BCUT2D eigenvalue weighted by atomic mass is 10.1. The van der Waals surface area contributed by atoms with Crippen molar-refractivity contribution in [2.75, 3.05) is 26.2 Å². The Labute approximate surface area is 130 Å². The van der Waals surface area contributed by atoms with Crippen molar-refractivity contribution in [1.29, 1.82) is 0 Å². The fourth-order valence-corrected chi connectivity index (χ4v) is 2.56. The van der Waals surface area contributed by atoms with Gasteiger partial charge in [-0.25, -0.2) is 0 Å². The van der Waals surface area contributed by atoms with Gasteiger partial charge in [0.2, 0.25) is 5.91 Å². The first-order valence-electron chi connectivity index (χ1n) is 7.58. The molecular formula is C16H23N3O3. The number of hydrogen-bond acceptors (Lipinski definition) is 4. The number of amides is 1. The van der Waals surface area contributed by atoms with E-state index in [1.807, 2.05) is 18.2 Å². The molecule has 1 fully saturated rings. The number of carboxylic acids is 1. The molecule has 1 aliphatic rings. The summed E-state index contributed by atoms with van der Waals surface area (Å²) in [6, 6.07) is 9.31. The molecule has 1 atom stereocenters. The van der Waals surface area contributed by atoms with Crippen molar-refractivity contribution in [3.8, 4) is 0 Å². The van der Waals surface area contributed by atoms with Gasteiger partial charge in [0.05, 0.1) is 0 Å². The third-order valence-electron chi connectivity index (χ3n) is 3.96. The molecule has 120 valence electrons. The van der Waals surface area contributed by atoms with Crippen LogP contribution in [0.15, 0.2) is 30.3 Å². The van der Waals surface area contributed by atoms with E-state index in [0.29, 0.717) is 13.1 Å². The van der Waals surface area contributed by atoms with Gasteiger partial charge >= 0.3 is 5.97 Å². The zero-order valence-electron chi connectivity index (χ0n) is 12.6. The average molecular weight is 305 g/mol. The second-order valence-electron chi connectivity index (χ2n) is 5.63. The highest BCUT2D eigenvalue weighted by molar-refractivity contribution is 5.78. The Kier molecular flexibility index (Phi) is 5.91. The van der Waals surface area contributed by atoms with Crippen LogP contribution in [-0.2, 0) is 16.1 Å². The number of rotatable bonds is 6. The molecule has 1 saturated heterocycles. The van der Waals surface area contributed by atoms with Crippen LogP contribution in [0.3, 0.4) is 0 Å². The Morgan fingerprint density at radius 3 is 2.36 bits per heavy atom. The van der Waals surface area contributed by atoms with Crippen LogP contribution in [0.5, 0.6) is 0 Å². The van der Waals surface area contributed by atoms with Gasteiger partial charge < -0.3 is 15.7 Å². The fraction of sp³-hybridized carbons (Fsp3) is 0.500. The topological polar surface area (TPSA) is 86.9 Å². The first-order valence-corrected chi connectivity index (χ1v) is 7.58. The van der Waals surface area contributed by atoms with Gasteiger partial charge in [0.15, 0.2) is 0 Å². The van der Waals surface area contributed by atoms with E-state index in [0.717, 1.165) is 19.6 Å². The van der Waals surface area contributed by atoms with Gasteiger partial charge in [-0.2, -0.15) is 0 Å². The van der Waals surface area contributed by atoms with Gasteiger partial charge in [-0.1, -0.05) is 30.3 Å². The van der Waals surface area contributed by atoms with Crippen LogP contribution < -0.4 is 5.73 Å². The molecule has 6 nitrogen and oxygen atoms in total. The van der Waals surface area contributed by atoms with E-state index < -0.39 is 12.0 Å². The molecule has 0 saturated carbocycles. The van der Waals surface area contributed by atoms with Gasteiger partial charge in [0.1, 0.15) is 6.04 Å². The highest BCUT2D eigenvalue weighted by atomic mass is 16.4. The Hall–Kier alpha value is -1.92. The predicted octanol–water partition coefficient (Wildman–Crippen LogP) is 0.523. The van der Waals surface area contributed by atoms with Gasteiger partial charge in [0.25, 0.3) is 0 Å². The smallest absolute Gasteiger partial charge is 0.320 e. The fourth-order valence-electron chi connectivity index (χ4n) is 2.56. The maximum absolute atomic E-state index is 12.0. The first-order chi connectivity index (χ1) is 10.6. The molecule has 1 aromatic rings. The molecule has 2 rings (SSSR count). The lowest BCUT2D eigenvalue weighted by molar-refractivity contribution is -0.139. The van der Waals surface area contributed by atoms with Crippen LogP contribution in [0.2, 0.25) is 0 Å². The number of carbonyl (C=O) groups excluding carboxylic acids is 1.